The Morgan fingerprint density at radius 1 is 1.05 bits per heavy atom. The predicted molar refractivity (Wildman–Crippen MR) is 88.7 cm³/mol. The summed E-state index contributed by atoms with van der Waals surface area (Å²) in [6.45, 7) is 4.47. The van der Waals surface area contributed by atoms with Crippen molar-refractivity contribution < 1.29 is 4.39 Å². The Morgan fingerprint density at radius 2 is 1.73 bits per heavy atom. The van der Waals surface area contributed by atoms with E-state index in [0.29, 0.717) is 5.56 Å². The highest BCUT2D eigenvalue weighted by Gasteiger charge is 2.07. The number of nitrogens with one attached hydrogen (secondary N) is 1. The van der Waals surface area contributed by atoms with Crippen LogP contribution in [0.2, 0.25) is 0 Å². The number of hydrogen-bond acceptors (Lipinski definition) is 0. The highest BCUT2D eigenvalue weighted by molar-refractivity contribution is 5.65. The highest BCUT2D eigenvalue weighted by atomic mass is 19.1. The zero-order chi connectivity index (χ0) is 15.5. The van der Waals surface area contributed by atoms with Crippen molar-refractivity contribution in [3.8, 4) is 16.8 Å². The van der Waals surface area contributed by atoms with Crippen LogP contribution in [-0.2, 0) is 6.42 Å². The normalized spacial score (nSPS) is 11.3. The summed E-state index contributed by atoms with van der Waals surface area (Å²) in [5.41, 5.74) is 3.87. The molecule has 0 bridgehead atoms. The quantitative estimate of drug-likeness (QED) is 0.668. The molecular weight excluding hydrogens is 275 g/mol. The van der Waals surface area contributed by atoms with Gasteiger partial charge in [0, 0.05) is 11.8 Å². The molecule has 1 aromatic heterocycles. The fraction of sp³-hybridized carbons (Fsp3) is 0.263. The first-order valence-corrected chi connectivity index (χ1v) is 7.75. The minimum atomic E-state index is -0.187. The van der Waals surface area contributed by atoms with Gasteiger partial charge in [0.2, 0.25) is 0 Å². The maximum absolute atomic E-state index is 13.8. The molecule has 0 aliphatic heterocycles. The third-order valence-corrected chi connectivity index (χ3v) is 3.87. The number of benzene rings is 2. The molecule has 0 saturated heterocycles. The molecule has 2 nitrogen and oxygen atoms in total. The minimum Gasteiger partial charge on any atom is -0.297 e. The van der Waals surface area contributed by atoms with Crippen LogP contribution in [0.1, 0.15) is 26.0 Å². The van der Waals surface area contributed by atoms with Crippen molar-refractivity contribution in [1.82, 2.24) is 9.78 Å². The summed E-state index contributed by atoms with van der Waals surface area (Å²) >= 11 is 0. The van der Waals surface area contributed by atoms with Crippen molar-refractivity contribution in [3.63, 3.8) is 0 Å². The number of aromatic nitrogens is 2. The van der Waals surface area contributed by atoms with Crippen molar-refractivity contribution >= 4 is 0 Å². The standard InChI is InChI=1S/C19H21FN2/c1-14(2)7-10-16-13-22(21-16)17-11-8-15(9-12-17)18-5-3-4-6-19(18)20/h3-6,8-9,11-14,21H,7,10H2,1-2H3. The molecule has 3 rings (SSSR count). The Morgan fingerprint density at radius 3 is 2.36 bits per heavy atom. The molecule has 2 aromatic carbocycles. The fourth-order valence-corrected chi connectivity index (χ4v) is 2.51. The van der Waals surface area contributed by atoms with Gasteiger partial charge in [-0.1, -0.05) is 44.2 Å². The lowest BCUT2D eigenvalue weighted by atomic mass is 10.0. The van der Waals surface area contributed by atoms with E-state index in [1.165, 1.54) is 18.2 Å². The molecule has 0 radical (unpaired) electrons. The molecule has 0 saturated carbocycles. The minimum absolute atomic E-state index is 0.187. The van der Waals surface area contributed by atoms with Crippen LogP contribution in [-0.4, -0.2) is 9.78 Å². The van der Waals surface area contributed by atoms with Gasteiger partial charge in [-0.05, 0) is 42.5 Å². The lowest BCUT2D eigenvalue weighted by Crippen LogP contribution is -2.11. The fourth-order valence-electron chi connectivity index (χ4n) is 2.51. The number of hydrogen-bond donors (Lipinski definition) is 1. The first-order valence-electron chi connectivity index (χ1n) is 7.75. The van der Waals surface area contributed by atoms with Crippen molar-refractivity contribution in [1.29, 1.82) is 0 Å². The number of halogens is 1. The van der Waals surface area contributed by atoms with Crippen LogP contribution < -0.4 is 0 Å². The smallest absolute Gasteiger partial charge is 0.131 e. The predicted octanol–water partition coefficient (Wildman–Crippen LogP) is 5.20. The number of H-pyrrole nitrogens is 1. The summed E-state index contributed by atoms with van der Waals surface area (Å²) in [6.07, 6.45) is 4.40. The molecule has 1 N–H and O–H groups in total. The molecule has 0 aliphatic carbocycles. The molecule has 0 aliphatic rings. The van der Waals surface area contributed by atoms with Gasteiger partial charge in [0.1, 0.15) is 5.82 Å². The van der Waals surface area contributed by atoms with E-state index in [-0.39, 0.29) is 5.82 Å². The van der Waals surface area contributed by atoms with Crippen molar-refractivity contribution in [2.45, 2.75) is 26.7 Å². The van der Waals surface area contributed by atoms with Gasteiger partial charge in [0.15, 0.2) is 0 Å². The largest absolute Gasteiger partial charge is 0.297 e. The zero-order valence-corrected chi connectivity index (χ0v) is 13.0. The Bertz CT molecular complexity index is 723. The number of nitrogens with zero attached hydrogens (tertiary/aromatic N) is 1. The summed E-state index contributed by atoms with van der Waals surface area (Å²) < 4.78 is 15.8. The maximum atomic E-state index is 13.8. The van der Waals surface area contributed by atoms with E-state index in [0.717, 1.165) is 23.6 Å². The van der Waals surface area contributed by atoms with Crippen LogP contribution in [0.4, 0.5) is 4.39 Å². The van der Waals surface area contributed by atoms with Gasteiger partial charge < -0.3 is 0 Å². The summed E-state index contributed by atoms with van der Waals surface area (Å²) in [4.78, 5) is 0. The van der Waals surface area contributed by atoms with Crippen LogP contribution in [0, 0.1) is 11.7 Å². The van der Waals surface area contributed by atoms with Gasteiger partial charge in [-0.25, -0.2) is 4.39 Å². The van der Waals surface area contributed by atoms with E-state index in [1.54, 1.807) is 12.1 Å². The molecule has 3 aromatic rings. The molecule has 1 heterocycles. The number of aromatic amines is 1. The average molecular weight is 296 g/mol. The lowest BCUT2D eigenvalue weighted by Gasteiger charge is -2.17. The van der Waals surface area contributed by atoms with Gasteiger partial charge in [-0.2, -0.15) is 0 Å². The van der Waals surface area contributed by atoms with E-state index < -0.39 is 0 Å². The molecule has 22 heavy (non-hydrogen) atoms. The highest BCUT2D eigenvalue weighted by Crippen LogP contribution is 2.24. The van der Waals surface area contributed by atoms with Crippen molar-refractivity contribution in [2.24, 2.45) is 5.92 Å². The molecular formula is C19H21FN2. The van der Waals surface area contributed by atoms with E-state index in [2.05, 4.69) is 25.1 Å². The van der Waals surface area contributed by atoms with Crippen LogP contribution in [0.15, 0.2) is 54.7 Å². The van der Waals surface area contributed by atoms with Gasteiger partial charge in [0.25, 0.3) is 0 Å². The third-order valence-electron chi connectivity index (χ3n) is 3.87. The second-order valence-electron chi connectivity index (χ2n) is 6.10. The van der Waals surface area contributed by atoms with Gasteiger partial charge in [-0.15, -0.1) is 0 Å². The van der Waals surface area contributed by atoms with E-state index >= 15 is 0 Å². The average Bonchev–Trinajstić information content (AvgIpc) is 2.46. The topological polar surface area (TPSA) is 20.7 Å². The summed E-state index contributed by atoms with van der Waals surface area (Å²) in [7, 11) is 0. The Kier molecular flexibility index (Phi) is 4.14. The van der Waals surface area contributed by atoms with Crippen LogP contribution in [0.5, 0.6) is 0 Å². The zero-order valence-electron chi connectivity index (χ0n) is 13.0. The maximum Gasteiger partial charge on any atom is 0.131 e. The van der Waals surface area contributed by atoms with Gasteiger partial charge in [0.05, 0.1) is 11.4 Å². The summed E-state index contributed by atoms with van der Waals surface area (Å²) in [6, 6.07) is 14.8. The second-order valence-corrected chi connectivity index (χ2v) is 6.10. The second kappa shape index (κ2) is 6.22. The molecule has 0 spiro atoms. The first-order chi connectivity index (χ1) is 10.6. The molecule has 0 fully saturated rings. The third kappa shape index (κ3) is 3.14. The summed E-state index contributed by atoms with van der Waals surface area (Å²) in [5.74, 6) is 0.532. The van der Waals surface area contributed by atoms with Crippen molar-refractivity contribution in [2.75, 3.05) is 0 Å². The molecule has 0 amide bonds. The number of rotatable bonds is 5. The van der Waals surface area contributed by atoms with Gasteiger partial charge >= 0.3 is 0 Å². The Labute approximate surface area is 130 Å². The van der Waals surface area contributed by atoms with Crippen LogP contribution >= 0.6 is 0 Å². The SMILES string of the molecule is CC(C)CCc1cn(-c2ccc(-c3ccccc3F)cc2)[nH]1. The Balaban J connectivity index is 1.72. The first kappa shape index (κ1) is 14.6. The number of aryl methyl sites for hydroxylation is 1. The van der Waals surface area contributed by atoms with E-state index in [4.69, 9.17) is 0 Å². The lowest BCUT2D eigenvalue weighted by molar-refractivity contribution is 0.562. The summed E-state index contributed by atoms with van der Waals surface area (Å²) in [5, 5.41) is 3.34. The van der Waals surface area contributed by atoms with Crippen LogP contribution in [0.25, 0.3) is 16.8 Å². The monoisotopic (exact) mass is 296 g/mol. The van der Waals surface area contributed by atoms with Crippen LogP contribution in [0.3, 0.4) is 0 Å². The molecule has 0 atom stereocenters. The molecule has 114 valence electrons. The van der Waals surface area contributed by atoms with Gasteiger partial charge in [-0.3, -0.25) is 9.78 Å². The van der Waals surface area contributed by atoms with Crippen molar-refractivity contribution in [3.05, 3.63) is 66.2 Å². The van der Waals surface area contributed by atoms with E-state index in [9.17, 15) is 4.39 Å². The van der Waals surface area contributed by atoms with E-state index in [1.807, 2.05) is 35.0 Å². The Hall–Kier alpha value is -2.29. The molecule has 0 unspecified atom stereocenters. The molecule has 3 heteroatoms.